The smallest absolute Gasteiger partial charge is 0.306 e. The predicted octanol–water partition coefficient (Wildman–Crippen LogP) is 0.705. The molecule has 0 aliphatic rings. The van der Waals surface area contributed by atoms with Crippen molar-refractivity contribution in [1.29, 1.82) is 0 Å². The van der Waals surface area contributed by atoms with Gasteiger partial charge >= 0.3 is 5.97 Å². The normalized spacial score (nSPS) is 16.3. The van der Waals surface area contributed by atoms with E-state index in [4.69, 9.17) is 5.11 Å². The van der Waals surface area contributed by atoms with Crippen LogP contribution >= 0.6 is 0 Å². The van der Waals surface area contributed by atoms with Crippen LogP contribution in [0, 0.1) is 5.92 Å². The van der Waals surface area contributed by atoms with Crippen molar-refractivity contribution in [3.63, 3.8) is 0 Å². The van der Waals surface area contributed by atoms with Crippen molar-refractivity contribution < 1.29 is 9.90 Å². The van der Waals surface area contributed by atoms with E-state index in [1.807, 2.05) is 14.0 Å². The minimum Gasteiger partial charge on any atom is -0.481 e. The van der Waals surface area contributed by atoms with Crippen LogP contribution in [0.1, 0.15) is 20.3 Å². The summed E-state index contributed by atoms with van der Waals surface area (Å²) in [5.41, 5.74) is 0. The fourth-order valence-corrected chi connectivity index (χ4v) is 0.749. The highest BCUT2D eigenvalue weighted by Gasteiger charge is 2.13. The Morgan fingerprint density at radius 3 is 2.40 bits per heavy atom. The van der Waals surface area contributed by atoms with Crippen molar-refractivity contribution in [1.82, 2.24) is 5.32 Å². The summed E-state index contributed by atoms with van der Waals surface area (Å²) in [7, 11) is 1.83. The number of carboxylic acid groups (broad SMARTS) is 1. The molecule has 0 aromatic carbocycles. The lowest BCUT2D eigenvalue weighted by Gasteiger charge is -2.12. The molecule has 3 nitrogen and oxygen atoms in total. The minimum atomic E-state index is -0.720. The van der Waals surface area contributed by atoms with Crippen molar-refractivity contribution >= 4 is 5.97 Å². The Balaban J connectivity index is 3.56. The maximum atomic E-state index is 10.3. The number of hydrogen-bond donors (Lipinski definition) is 2. The molecule has 60 valence electrons. The van der Waals surface area contributed by atoms with Crippen LogP contribution in [0.3, 0.4) is 0 Å². The van der Waals surface area contributed by atoms with Gasteiger partial charge in [0.05, 0.1) is 5.92 Å². The summed E-state index contributed by atoms with van der Waals surface area (Å²) in [4.78, 5) is 10.3. The summed E-state index contributed by atoms with van der Waals surface area (Å²) in [6, 6.07) is 0.283. The second kappa shape index (κ2) is 4.28. The van der Waals surface area contributed by atoms with E-state index in [-0.39, 0.29) is 12.0 Å². The van der Waals surface area contributed by atoms with Gasteiger partial charge in [-0.25, -0.2) is 0 Å². The van der Waals surface area contributed by atoms with Crippen LogP contribution in [0.15, 0.2) is 0 Å². The molecule has 0 spiro atoms. The Morgan fingerprint density at radius 1 is 1.60 bits per heavy atom. The minimum absolute atomic E-state index is 0.248. The van der Waals surface area contributed by atoms with Gasteiger partial charge < -0.3 is 10.4 Å². The lowest BCUT2D eigenvalue weighted by atomic mass is 10.0. The third-order valence-corrected chi connectivity index (χ3v) is 1.62. The molecule has 2 N–H and O–H groups in total. The van der Waals surface area contributed by atoms with Gasteiger partial charge in [0.25, 0.3) is 0 Å². The van der Waals surface area contributed by atoms with Gasteiger partial charge in [-0.15, -0.1) is 0 Å². The first-order chi connectivity index (χ1) is 4.57. The van der Waals surface area contributed by atoms with Gasteiger partial charge in [-0.2, -0.15) is 0 Å². The Bertz CT molecular complexity index is 114. The van der Waals surface area contributed by atoms with Crippen LogP contribution in [-0.2, 0) is 4.79 Å². The molecule has 10 heavy (non-hydrogen) atoms. The second-order valence-electron chi connectivity index (χ2n) is 2.66. The van der Waals surface area contributed by atoms with Gasteiger partial charge in [0.15, 0.2) is 0 Å². The number of carbonyl (C=O) groups is 1. The van der Waals surface area contributed by atoms with Crippen LogP contribution in [0.2, 0.25) is 0 Å². The van der Waals surface area contributed by atoms with Gasteiger partial charge in [-0.1, -0.05) is 6.92 Å². The van der Waals surface area contributed by atoms with E-state index in [2.05, 4.69) is 5.32 Å². The molecule has 2 unspecified atom stereocenters. The van der Waals surface area contributed by atoms with Crippen LogP contribution in [0.25, 0.3) is 0 Å². The van der Waals surface area contributed by atoms with Crippen LogP contribution < -0.4 is 5.32 Å². The molecule has 0 rings (SSSR count). The molecule has 0 radical (unpaired) electrons. The average molecular weight is 145 g/mol. The first kappa shape index (κ1) is 9.43. The van der Waals surface area contributed by atoms with Crippen LogP contribution in [0.5, 0.6) is 0 Å². The van der Waals surface area contributed by atoms with Gasteiger partial charge in [-0.05, 0) is 20.4 Å². The summed E-state index contributed by atoms with van der Waals surface area (Å²) in [5, 5.41) is 11.5. The Morgan fingerprint density at radius 2 is 2.10 bits per heavy atom. The highest BCUT2D eigenvalue weighted by Crippen LogP contribution is 2.04. The first-order valence-electron chi connectivity index (χ1n) is 3.48. The molecule has 3 heteroatoms. The fourth-order valence-electron chi connectivity index (χ4n) is 0.749. The van der Waals surface area contributed by atoms with Crippen molar-refractivity contribution in [2.45, 2.75) is 26.3 Å². The van der Waals surface area contributed by atoms with Gasteiger partial charge in [0.2, 0.25) is 0 Å². The lowest BCUT2D eigenvalue weighted by molar-refractivity contribution is -0.141. The summed E-state index contributed by atoms with van der Waals surface area (Å²) in [5.74, 6) is -0.968. The van der Waals surface area contributed by atoms with Crippen molar-refractivity contribution in [3.8, 4) is 0 Å². The molecule has 0 aromatic rings. The van der Waals surface area contributed by atoms with E-state index in [0.29, 0.717) is 6.42 Å². The summed E-state index contributed by atoms with van der Waals surface area (Å²) in [6.45, 7) is 3.69. The molecule has 2 atom stereocenters. The fraction of sp³-hybridized carbons (Fsp3) is 0.857. The van der Waals surface area contributed by atoms with E-state index in [1.165, 1.54) is 0 Å². The number of carboxylic acids is 1. The standard InChI is InChI=1S/C7H15NO2/c1-5(7(9)10)4-6(2)8-3/h5-6,8H,4H2,1-3H3,(H,9,10). The van der Waals surface area contributed by atoms with Crippen molar-refractivity contribution in [2.75, 3.05) is 7.05 Å². The predicted molar refractivity (Wildman–Crippen MR) is 39.9 cm³/mol. The van der Waals surface area contributed by atoms with E-state index in [0.717, 1.165) is 0 Å². The van der Waals surface area contributed by atoms with E-state index >= 15 is 0 Å². The number of rotatable bonds is 4. The van der Waals surface area contributed by atoms with E-state index in [9.17, 15) is 4.79 Å². The van der Waals surface area contributed by atoms with Gasteiger partial charge in [-0.3, -0.25) is 4.79 Å². The average Bonchev–Trinajstić information content (AvgIpc) is 1.87. The maximum Gasteiger partial charge on any atom is 0.306 e. The van der Waals surface area contributed by atoms with Crippen LogP contribution in [0.4, 0.5) is 0 Å². The third kappa shape index (κ3) is 3.45. The number of nitrogens with one attached hydrogen (secondary N) is 1. The van der Waals surface area contributed by atoms with E-state index in [1.54, 1.807) is 6.92 Å². The van der Waals surface area contributed by atoms with Gasteiger partial charge in [0, 0.05) is 6.04 Å². The zero-order chi connectivity index (χ0) is 8.15. The summed E-state index contributed by atoms with van der Waals surface area (Å²) < 4.78 is 0. The second-order valence-corrected chi connectivity index (χ2v) is 2.66. The third-order valence-electron chi connectivity index (χ3n) is 1.62. The Kier molecular flexibility index (Phi) is 4.03. The molecule has 0 amide bonds. The zero-order valence-corrected chi connectivity index (χ0v) is 6.72. The molecule has 0 fully saturated rings. The van der Waals surface area contributed by atoms with Gasteiger partial charge in [0.1, 0.15) is 0 Å². The zero-order valence-electron chi connectivity index (χ0n) is 6.72. The highest BCUT2D eigenvalue weighted by atomic mass is 16.4. The maximum absolute atomic E-state index is 10.3. The molecule has 0 bridgehead atoms. The molecule has 0 saturated heterocycles. The van der Waals surface area contributed by atoms with Crippen LogP contribution in [-0.4, -0.2) is 24.2 Å². The monoisotopic (exact) mass is 145 g/mol. The molecule has 0 aliphatic carbocycles. The Labute approximate surface area is 61.4 Å². The number of aliphatic carboxylic acids is 1. The lowest BCUT2D eigenvalue weighted by Crippen LogP contribution is -2.26. The highest BCUT2D eigenvalue weighted by molar-refractivity contribution is 5.69. The molecular formula is C7H15NO2. The Hall–Kier alpha value is -0.570. The van der Waals surface area contributed by atoms with E-state index < -0.39 is 5.97 Å². The summed E-state index contributed by atoms with van der Waals surface area (Å²) >= 11 is 0. The molecule has 0 aromatic heterocycles. The quantitative estimate of drug-likeness (QED) is 0.612. The molecule has 0 saturated carbocycles. The first-order valence-corrected chi connectivity index (χ1v) is 3.48. The number of hydrogen-bond acceptors (Lipinski definition) is 2. The molecule has 0 heterocycles. The summed E-state index contributed by atoms with van der Waals surface area (Å²) in [6.07, 6.45) is 0.686. The molecule has 0 aliphatic heterocycles. The molecular weight excluding hydrogens is 130 g/mol. The largest absolute Gasteiger partial charge is 0.481 e. The topological polar surface area (TPSA) is 49.3 Å². The van der Waals surface area contributed by atoms with Crippen molar-refractivity contribution in [3.05, 3.63) is 0 Å². The van der Waals surface area contributed by atoms with Crippen molar-refractivity contribution in [2.24, 2.45) is 5.92 Å². The SMILES string of the molecule is CNC(C)CC(C)C(=O)O.